The number of aromatic nitrogens is 1. The van der Waals surface area contributed by atoms with Gasteiger partial charge < -0.3 is 4.98 Å². The molecule has 0 atom stereocenters. The second-order valence-electron chi connectivity index (χ2n) is 6.65. The lowest BCUT2D eigenvalue weighted by Gasteiger charge is -2.07. The Hall–Kier alpha value is -3.06. The predicted octanol–water partition coefficient (Wildman–Crippen LogP) is 6.72. The Morgan fingerprint density at radius 3 is 2.08 bits per heavy atom. The fourth-order valence-electron chi connectivity index (χ4n) is 3.73. The SMILES string of the molecule is C1=CC(c2ccc3c(c2)[nH]c2cc(-c4ccccc4)ccc23)=CCC1. The van der Waals surface area contributed by atoms with Crippen molar-refractivity contribution < 1.29 is 0 Å². The summed E-state index contributed by atoms with van der Waals surface area (Å²) >= 11 is 0. The summed E-state index contributed by atoms with van der Waals surface area (Å²) in [7, 11) is 0. The van der Waals surface area contributed by atoms with Crippen LogP contribution in [0.5, 0.6) is 0 Å². The van der Waals surface area contributed by atoms with Gasteiger partial charge in [0.2, 0.25) is 0 Å². The van der Waals surface area contributed by atoms with Gasteiger partial charge in [-0.15, -0.1) is 0 Å². The third-order valence-corrected chi connectivity index (χ3v) is 5.03. The summed E-state index contributed by atoms with van der Waals surface area (Å²) in [6.45, 7) is 0. The van der Waals surface area contributed by atoms with Crippen LogP contribution in [0, 0.1) is 0 Å². The van der Waals surface area contributed by atoms with Gasteiger partial charge in [-0.25, -0.2) is 0 Å². The first kappa shape index (κ1) is 14.3. The lowest BCUT2D eigenvalue weighted by atomic mass is 9.98. The molecule has 0 aliphatic heterocycles. The number of rotatable bonds is 2. The molecule has 5 rings (SSSR count). The molecule has 0 spiro atoms. The molecule has 1 aliphatic rings. The van der Waals surface area contributed by atoms with Crippen molar-refractivity contribution in [3.8, 4) is 11.1 Å². The fourth-order valence-corrected chi connectivity index (χ4v) is 3.73. The molecule has 1 N–H and O–H groups in total. The average Bonchev–Trinajstić information content (AvgIpc) is 3.06. The molecule has 1 heterocycles. The summed E-state index contributed by atoms with van der Waals surface area (Å²) in [5.74, 6) is 0. The van der Waals surface area contributed by atoms with Crippen molar-refractivity contribution >= 4 is 27.4 Å². The molecule has 0 radical (unpaired) electrons. The third kappa shape index (κ3) is 2.49. The van der Waals surface area contributed by atoms with Gasteiger partial charge in [-0.05, 0) is 47.2 Å². The van der Waals surface area contributed by atoms with E-state index in [1.807, 2.05) is 0 Å². The number of aromatic amines is 1. The van der Waals surface area contributed by atoms with Gasteiger partial charge in [-0.1, -0.05) is 72.8 Å². The fraction of sp³-hybridized carbons (Fsp3) is 0.0833. The molecule has 25 heavy (non-hydrogen) atoms. The van der Waals surface area contributed by atoms with Crippen molar-refractivity contribution in [2.75, 3.05) is 0 Å². The van der Waals surface area contributed by atoms with Gasteiger partial charge in [0.15, 0.2) is 0 Å². The summed E-state index contributed by atoms with van der Waals surface area (Å²) in [6, 6.07) is 24.0. The van der Waals surface area contributed by atoms with Crippen LogP contribution in [0.4, 0.5) is 0 Å². The molecule has 0 bridgehead atoms. The van der Waals surface area contributed by atoms with Gasteiger partial charge in [0.25, 0.3) is 0 Å². The number of hydrogen-bond acceptors (Lipinski definition) is 0. The summed E-state index contributed by atoms with van der Waals surface area (Å²) in [6.07, 6.45) is 9.12. The maximum atomic E-state index is 3.62. The van der Waals surface area contributed by atoms with E-state index >= 15 is 0 Å². The molecule has 0 amide bonds. The molecule has 120 valence electrons. The summed E-state index contributed by atoms with van der Waals surface area (Å²) < 4.78 is 0. The van der Waals surface area contributed by atoms with E-state index in [4.69, 9.17) is 0 Å². The monoisotopic (exact) mass is 321 g/mol. The van der Waals surface area contributed by atoms with Crippen LogP contribution >= 0.6 is 0 Å². The lowest BCUT2D eigenvalue weighted by molar-refractivity contribution is 1.04. The highest BCUT2D eigenvalue weighted by Gasteiger charge is 2.08. The van der Waals surface area contributed by atoms with Gasteiger partial charge in [-0.2, -0.15) is 0 Å². The van der Waals surface area contributed by atoms with Crippen molar-refractivity contribution in [2.24, 2.45) is 0 Å². The van der Waals surface area contributed by atoms with Crippen molar-refractivity contribution in [1.82, 2.24) is 4.98 Å². The van der Waals surface area contributed by atoms with E-state index in [2.05, 4.69) is 89.9 Å². The topological polar surface area (TPSA) is 15.8 Å². The quantitative estimate of drug-likeness (QED) is 0.422. The van der Waals surface area contributed by atoms with E-state index in [9.17, 15) is 0 Å². The molecule has 1 heteroatoms. The predicted molar refractivity (Wildman–Crippen MR) is 108 cm³/mol. The largest absolute Gasteiger partial charge is 0.354 e. The second kappa shape index (κ2) is 5.78. The van der Waals surface area contributed by atoms with Crippen LogP contribution in [0.3, 0.4) is 0 Å². The first-order chi connectivity index (χ1) is 12.4. The van der Waals surface area contributed by atoms with Crippen LogP contribution < -0.4 is 0 Å². The minimum Gasteiger partial charge on any atom is -0.354 e. The highest BCUT2D eigenvalue weighted by Crippen LogP contribution is 2.32. The maximum Gasteiger partial charge on any atom is 0.0471 e. The van der Waals surface area contributed by atoms with Crippen LogP contribution in [0.15, 0.2) is 85.0 Å². The number of H-pyrrole nitrogens is 1. The summed E-state index contributed by atoms with van der Waals surface area (Å²) in [5.41, 5.74) is 7.52. The smallest absolute Gasteiger partial charge is 0.0471 e. The number of fused-ring (bicyclic) bond motifs is 3. The number of benzene rings is 3. The first-order valence-corrected chi connectivity index (χ1v) is 8.86. The minimum atomic E-state index is 1.14. The Kier molecular flexibility index (Phi) is 3.31. The number of hydrogen-bond donors (Lipinski definition) is 1. The van der Waals surface area contributed by atoms with E-state index < -0.39 is 0 Å². The van der Waals surface area contributed by atoms with E-state index in [1.165, 1.54) is 44.1 Å². The normalized spacial score (nSPS) is 14.2. The average molecular weight is 321 g/mol. The van der Waals surface area contributed by atoms with E-state index in [0.29, 0.717) is 0 Å². The van der Waals surface area contributed by atoms with E-state index in [1.54, 1.807) is 0 Å². The molecular formula is C24H19N. The third-order valence-electron chi connectivity index (χ3n) is 5.03. The Balaban J connectivity index is 1.65. The van der Waals surface area contributed by atoms with Crippen LogP contribution in [-0.2, 0) is 0 Å². The van der Waals surface area contributed by atoms with Gasteiger partial charge in [0.1, 0.15) is 0 Å². The molecule has 0 saturated carbocycles. The number of nitrogens with one attached hydrogen (secondary N) is 1. The molecule has 0 fully saturated rings. The molecule has 4 aromatic rings. The van der Waals surface area contributed by atoms with Gasteiger partial charge in [0, 0.05) is 21.8 Å². The zero-order chi connectivity index (χ0) is 16.6. The maximum absolute atomic E-state index is 3.62. The summed E-state index contributed by atoms with van der Waals surface area (Å²) in [4.78, 5) is 3.62. The lowest BCUT2D eigenvalue weighted by Crippen LogP contribution is -1.85. The molecule has 0 saturated heterocycles. The Morgan fingerprint density at radius 2 is 1.36 bits per heavy atom. The Morgan fingerprint density at radius 1 is 0.640 bits per heavy atom. The van der Waals surface area contributed by atoms with E-state index in [-0.39, 0.29) is 0 Å². The second-order valence-corrected chi connectivity index (χ2v) is 6.65. The number of allylic oxidation sites excluding steroid dienone is 4. The highest BCUT2D eigenvalue weighted by molar-refractivity contribution is 6.09. The summed E-state index contributed by atoms with van der Waals surface area (Å²) in [5, 5.41) is 2.58. The molecule has 1 aliphatic carbocycles. The van der Waals surface area contributed by atoms with Crippen LogP contribution in [0.25, 0.3) is 38.5 Å². The van der Waals surface area contributed by atoms with Gasteiger partial charge in [0.05, 0.1) is 0 Å². The molecule has 3 aromatic carbocycles. The van der Waals surface area contributed by atoms with Crippen molar-refractivity contribution in [2.45, 2.75) is 12.8 Å². The van der Waals surface area contributed by atoms with Gasteiger partial charge in [-0.3, -0.25) is 0 Å². The van der Waals surface area contributed by atoms with Crippen LogP contribution in [0.1, 0.15) is 18.4 Å². The van der Waals surface area contributed by atoms with E-state index in [0.717, 1.165) is 12.8 Å². The van der Waals surface area contributed by atoms with Crippen LogP contribution in [0.2, 0.25) is 0 Å². The Labute approximate surface area is 147 Å². The highest BCUT2D eigenvalue weighted by atomic mass is 14.7. The molecule has 1 aromatic heterocycles. The van der Waals surface area contributed by atoms with Crippen molar-refractivity contribution in [3.63, 3.8) is 0 Å². The van der Waals surface area contributed by atoms with Gasteiger partial charge >= 0.3 is 0 Å². The molecular weight excluding hydrogens is 302 g/mol. The van der Waals surface area contributed by atoms with Crippen molar-refractivity contribution in [3.05, 3.63) is 90.5 Å². The molecule has 1 nitrogen and oxygen atoms in total. The van der Waals surface area contributed by atoms with Crippen LogP contribution in [-0.4, -0.2) is 4.98 Å². The minimum absolute atomic E-state index is 1.14. The van der Waals surface area contributed by atoms with Crippen molar-refractivity contribution in [1.29, 1.82) is 0 Å². The molecule has 0 unspecified atom stereocenters. The Bertz CT molecular complexity index is 1130. The first-order valence-electron chi connectivity index (χ1n) is 8.86. The standard InChI is InChI=1S/C24H19N/c1-3-7-17(8-4-1)19-11-13-21-22-14-12-20(18-9-5-2-6-10-18)16-24(22)25-23(21)15-19/h1,3-5,7-16,25H,2,6H2. The zero-order valence-corrected chi connectivity index (χ0v) is 14.0. The zero-order valence-electron chi connectivity index (χ0n) is 14.0.